The minimum Gasteiger partial charge on any atom is -0.450 e. The number of benzene rings is 1. The second-order valence-electron chi connectivity index (χ2n) is 6.86. The van der Waals surface area contributed by atoms with E-state index in [0.717, 1.165) is 24.9 Å². The number of rotatable bonds is 6. The van der Waals surface area contributed by atoms with Crippen LogP contribution in [0.1, 0.15) is 30.9 Å². The Balaban J connectivity index is 0.00000364. The Morgan fingerprint density at radius 2 is 2.00 bits per heavy atom. The first kappa shape index (κ1) is 23.5. The quantitative estimate of drug-likeness (QED) is 0.365. The largest absolute Gasteiger partial charge is 0.450 e. The van der Waals surface area contributed by atoms with Gasteiger partial charge < -0.3 is 25.6 Å². The molecule has 1 fully saturated rings. The van der Waals surface area contributed by atoms with E-state index in [1.165, 1.54) is 5.56 Å². The molecule has 0 saturated carbocycles. The molecule has 2 rings (SSSR count). The number of amides is 1. The van der Waals surface area contributed by atoms with Gasteiger partial charge in [0.2, 0.25) is 0 Å². The highest BCUT2D eigenvalue weighted by atomic mass is 127. The summed E-state index contributed by atoms with van der Waals surface area (Å²) >= 11 is 0. The number of ether oxygens (including phenoxy) is 1. The maximum absolute atomic E-state index is 11.7. The Kier molecular flexibility index (Phi) is 10.5. The van der Waals surface area contributed by atoms with E-state index in [4.69, 9.17) is 10.5 Å². The smallest absolute Gasteiger partial charge is 0.409 e. The Bertz CT molecular complexity index is 616. The predicted octanol–water partition coefficient (Wildman–Crippen LogP) is 2.39. The highest BCUT2D eigenvalue weighted by Crippen LogP contribution is 2.12. The summed E-state index contributed by atoms with van der Waals surface area (Å²) in [4.78, 5) is 20.1. The lowest BCUT2D eigenvalue weighted by Crippen LogP contribution is -2.48. The van der Waals surface area contributed by atoms with Gasteiger partial charge in [0.05, 0.1) is 13.2 Å². The molecule has 1 amide bonds. The van der Waals surface area contributed by atoms with Gasteiger partial charge in [0.15, 0.2) is 5.96 Å². The van der Waals surface area contributed by atoms with Crippen molar-refractivity contribution in [3.05, 3.63) is 35.4 Å². The monoisotopic (exact) mass is 489 g/mol. The predicted molar refractivity (Wildman–Crippen MR) is 119 cm³/mol. The molecule has 1 aromatic carbocycles. The molecule has 152 valence electrons. The highest BCUT2D eigenvalue weighted by molar-refractivity contribution is 14.0. The third-order valence-corrected chi connectivity index (χ3v) is 4.30. The van der Waals surface area contributed by atoms with Crippen LogP contribution in [-0.4, -0.2) is 61.7 Å². The molecule has 3 N–H and O–H groups in total. The average molecular weight is 489 g/mol. The lowest BCUT2D eigenvalue weighted by molar-refractivity contribution is 0.0963. The van der Waals surface area contributed by atoms with Crippen LogP contribution in [0, 0.1) is 0 Å². The topological polar surface area (TPSA) is 83.2 Å². The summed E-state index contributed by atoms with van der Waals surface area (Å²) in [5.41, 5.74) is 8.45. The van der Waals surface area contributed by atoms with Crippen molar-refractivity contribution in [2.24, 2.45) is 10.7 Å². The number of hydrogen-bond acceptors (Lipinski definition) is 4. The van der Waals surface area contributed by atoms with E-state index < -0.39 is 0 Å². The number of nitrogens with two attached hydrogens (primary N) is 1. The molecular weight excluding hydrogens is 457 g/mol. The number of hydrogen-bond donors (Lipinski definition) is 2. The fourth-order valence-corrected chi connectivity index (χ4v) is 3.04. The second-order valence-corrected chi connectivity index (χ2v) is 6.86. The average Bonchev–Trinajstić information content (AvgIpc) is 2.60. The number of aliphatic imine (C=N–C) groups is 1. The molecule has 0 atom stereocenters. The maximum Gasteiger partial charge on any atom is 0.409 e. The summed E-state index contributed by atoms with van der Waals surface area (Å²) in [6.07, 6.45) is 1.45. The third-order valence-electron chi connectivity index (χ3n) is 4.30. The molecule has 0 spiro atoms. The molecule has 0 bridgehead atoms. The van der Waals surface area contributed by atoms with Gasteiger partial charge in [-0.25, -0.2) is 9.79 Å². The Morgan fingerprint density at radius 3 is 2.63 bits per heavy atom. The van der Waals surface area contributed by atoms with Crippen molar-refractivity contribution < 1.29 is 9.53 Å². The molecule has 7 nitrogen and oxygen atoms in total. The van der Waals surface area contributed by atoms with Crippen LogP contribution in [0.2, 0.25) is 0 Å². The van der Waals surface area contributed by atoms with Gasteiger partial charge in [-0.15, -0.1) is 24.0 Å². The van der Waals surface area contributed by atoms with Crippen LogP contribution in [0.5, 0.6) is 0 Å². The molecule has 1 saturated heterocycles. The molecule has 8 heteroatoms. The van der Waals surface area contributed by atoms with E-state index >= 15 is 0 Å². The van der Waals surface area contributed by atoms with E-state index in [-0.39, 0.29) is 36.1 Å². The number of guanidine groups is 1. The summed E-state index contributed by atoms with van der Waals surface area (Å²) in [5, 5.41) is 3.27. The van der Waals surface area contributed by atoms with Gasteiger partial charge in [0, 0.05) is 25.7 Å². The molecule has 0 aliphatic carbocycles. The van der Waals surface area contributed by atoms with Crippen LogP contribution in [0.25, 0.3) is 0 Å². The number of nitrogens with one attached hydrogen (secondary N) is 1. The van der Waals surface area contributed by atoms with E-state index in [9.17, 15) is 4.79 Å². The van der Waals surface area contributed by atoms with Gasteiger partial charge in [-0.05, 0) is 45.0 Å². The van der Waals surface area contributed by atoms with Crippen LogP contribution in [0.3, 0.4) is 0 Å². The van der Waals surface area contributed by atoms with Crippen LogP contribution >= 0.6 is 24.0 Å². The van der Waals surface area contributed by atoms with Crippen LogP contribution < -0.4 is 11.1 Å². The Morgan fingerprint density at radius 1 is 1.33 bits per heavy atom. The molecule has 1 heterocycles. The van der Waals surface area contributed by atoms with Crippen molar-refractivity contribution in [1.29, 1.82) is 0 Å². The van der Waals surface area contributed by atoms with Crippen molar-refractivity contribution in [2.75, 3.05) is 33.8 Å². The molecule has 27 heavy (non-hydrogen) atoms. The Labute approximate surface area is 179 Å². The number of carbonyl (C=O) groups excluding carboxylic acids is 1. The van der Waals surface area contributed by atoms with Crippen LogP contribution in [0.15, 0.2) is 29.3 Å². The number of likely N-dealkylation sites (tertiary alicyclic amines) is 1. The summed E-state index contributed by atoms with van der Waals surface area (Å²) in [7, 11) is 4.11. The van der Waals surface area contributed by atoms with Crippen LogP contribution in [0.4, 0.5) is 4.79 Å². The fraction of sp³-hybridized carbons (Fsp3) is 0.579. The maximum atomic E-state index is 11.7. The van der Waals surface area contributed by atoms with Crippen molar-refractivity contribution in [1.82, 2.24) is 15.1 Å². The van der Waals surface area contributed by atoms with Crippen molar-refractivity contribution >= 4 is 36.0 Å². The zero-order valence-corrected chi connectivity index (χ0v) is 18.8. The third kappa shape index (κ3) is 8.34. The summed E-state index contributed by atoms with van der Waals surface area (Å²) in [6.45, 7) is 5.05. The van der Waals surface area contributed by atoms with Gasteiger partial charge in [-0.1, -0.05) is 24.3 Å². The zero-order chi connectivity index (χ0) is 18.9. The van der Waals surface area contributed by atoms with Crippen molar-refractivity contribution in [3.8, 4) is 0 Å². The fourth-order valence-electron chi connectivity index (χ4n) is 3.04. The first-order chi connectivity index (χ1) is 12.5. The van der Waals surface area contributed by atoms with Gasteiger partial charge in [-0.2, -0.15) is 0 Å². The second kappa shape index (κ2) is 12.0. The first-order valence-electron chi connectivity index (χ1n) is 9.18. The summed E-state index contributed by atoms with van der Waals surface area (Å²) < 4.78 is 5.03. The number of carbonyl (C=O) groups is 1. The molecule has 0 unspecified atom stereocenters. The van der Waals surface area contributed by atoms with E-state index in [1.54, 1.807) is 4.90 Å². The SMILES string of the molecule is CCOC(=O)N1CCC(NC(N)=NCc2cccc(CN(C)C)c2)CC1.I. The van der Waals surface area contributed by atoms with E-state index in [0.29, 0.717) is 32.2 Å². The van der Waals surface area contributed by atoms with E-state index in [1.807, 2.05) is 6.92 Å². The minimum atomic E-state index is -0.231. The van der Waals surface area contributed by atoms with E-state index in [2.05, 4.69) is 53.6 Å². The van der Waals surface area contributed by atoms with Crippen molar-refractivity contribution in [2.45, 2.75) is 38.9 Å². The summed E-state index contributed by atoms with van der Waals surface area (Å²) in [6, 6.07) is 8.64. The zero-order valence-electron chi connectivity index (χ0n) is 16.5. The molecular formula is C19H32IN5O2. The molecule has 1 aromatic rings. The number of nitrogens with zero attached hydrogens (tertiary/aromatic N) is 3. The van der Waals surface area contributed by atoms with Gasteiger partial charge in [0.1, 0.15) is 0 Å². The normalized spacial score (nSPS) is 15.4. The first-order valence-corrected chi connectivity index (χ1v) is 9.18. The van der Waals surface area contributed by atoms with Crippen LogP contribution in [-0.2, 0) is 17.8 Å². The minimum absolute atomic E-state index is 0. The molecule has 0 aromatic heterocycles. The van der Waals surface area contributed by atoms with Gasteiger partial charge in [0.25, 0.3) is 0 Å². The molecule has 0 radical (unpaired) electrons. The standard InChI is InChI=1S/C19H31N5O2.HI/c1-4-26-19(25)24-10-8-17(9-11-24)22-18(20)21-13-15-6-5-7-16(12-15)14-23(2)3;/h5-7,12,17H,4,8-11,13-14H2,1-3H3,(H3,20,21,22);1H. The summed E-state index contributed by atoms with van der Waals surface area (Å²) in [5.74, 6) is 0.456. The number of piperidine rings is 1. The Hall–Kier alpha value is -1.55. The van der Waals surface area contributed by atoms with Gasteiger partial charge in [-0.3, -0.25) is 0 Å². The van der Waals surface area contributed by atoms with Gasteiger partial charge >= 0.3 is 6.09 Å². The van der Waals surface area contributed by atoms with Crippen molar-refractivity contribution in [3.63, 3.8) is 0 Å². The molecule has 1 aliphatic heterocycles. The lowest BCUT2D eigenvalue weighted by Gasteiger charge is -2.31. The highest BCUT2D eigenvalue weighted by Gasteiger charge is 2.23. The lowest BCUT2D eigenvalue weighted by atomic mass is 10.1. The number of halogens is 1. The molecule has 1 aliphatic rings.